The van der Waals surface area contributed by atoms with E-state index in [0.29, 0.717) is 18.7 Å². The van der Waals surface area contributed by atoms with Crippen molar-refractivity contribution in [1.29, 1.82) is 0 Å². The summed E-state index contributed by atoms with van der Waals surface area (Å²) in [5, 5.41) is 22.5. The van der Waals surface area contributed by atoms with Gasteiger partial charge in [0.05, 0.1) is 4.92 Å². The third-order valence-corrected chi connectivity index (χ3v) is 2.84. The first-order chi connectivity index (χ1) is 8.90. The van der Waals surface area contributed by atoms with Crippen LogP contribution < -0.4 is 5.32 Å². The highest BCUT2D eigenvalue weighted by molar-refractivity contribution is 5.66. The topological polar surface area (TPSA) is 92.5 Å². The summed E-state index contributed by atoms with van der Waals surface area (Å²) >= 11 is 0. The van der Waals surface area contributed by atoms with E-state index in [1.165, 1.54) is 6.07 Å². The number of nitro groups is 1. The molecule has 2 N–H and O–H groups in total. The molecule has 1 unspecified atom stereocenters. The number of nitro benzene ring substituents is 1. The molecule has 6 nitrogen and oxygen atoms in total. The Morgan fingerprint density at radius 3 is 2.79 bits per heavy atom. The number of carbonyl (C=O) groups is 1. The molecule has 0 aromatic heterocycles. The largest absolute Gasteiger partial charge is 0.481 e. The summed E-state index contributed by atoms with van der Waals surface area (Å²) in [7, 11) is 0. The van der Waals surface area contributed by atoms with Gasteiger partial charge >= 0.3 is 5.97 Å². The van der Waals surface area contributed by atoms with Gasteiger partial charge in [0.1, 0.15) is 5.69 Å². The average molecular weight is 266 g/mol. The fourth-order valence-electron chi connectivity index (χ4n) is 1.71. The van der Waals surface area contributed by atoms with Gasteiger partial charge in [-0.1, -0.05) is 13.0 Å². The van der Waals surface area contributed by atoms with Crippen LogP contribution in [0.5, 0.6) is 0 Å². The van der Waals surface area contributed by atoms with Crippen LogP contribution in [0.1, 0.15) is 25.3 Å². The average Bonchev–Trinajstić information content (AvgIpc) is 2.33. The summed E-state index contributed by atoms with van der Waals surface area (Å²) in [6, 6.07) is 4.89. The Hall–Kier alpha value is -2.11. The maximum absolute atomic E-state index is 10.9. The monoisotopic (exact) mass is 266 g/mol. The maximum atomic E-state index is 10.9. The highest BCUT2D eigenvalue weighted by Gasteiger charge is 2.14. The van der Waals surface area contributed by atoms with Crippen LogP contribution >= 0.6 is 0 Å². The van der Waals surface area contributed by atoms with E-state index in [1.807, 2.05) is 13.8 Å². The van der Waals surface area contributed by atoms with E-state index in [9.17, 15) is 14.9 Å². The van der Waals surface area contributed by atoms with Gasteiger partial charge < -0.3 is 10.4 Å². The molecule has 0 aliphatic rings. The summed E-state index contributed by atoms with van der Waals surface area (Å²) in [5.41, 5.74) is 1.45. The third kappa shape index (κ3) is 4.95. The Balaban J connectivity index is 2.63. The first kappa shape index (κ1) is 14.9. The summed E-state index contributed by atoms with van der Waals surface area (Å²) in [6.45, 7) is 4.29. The van der Waals surface area contributed by atoms with Crippen molar-refractivity contribution < 1.29 is 14.8 Å². The van der Waals surface area contributed by atoms with Crippen molar-refractivity contribution in [3.63, 3.8) is 0 Å². The van der Waals surface area contributed by atoms with Crippen molar-refractivity contribution in [2.75, 3.05) is 11.9 Å². The number of carboxylic acids is 1. The highest BCUT2D eigenvalue weighted by Crippen LogP contribution is 2.25. The van der Waals surface area contributed by atoms with Crippen LogP contribution in [0, 0.1) is 23.0 Å². The SMILES string of the molecule is Cc1ccc([N+](=O)[O-])c(NCC(C)CCC(=O)O)c1. The van der Waals surface area contributed by atoms with Crippen molar-refractivity contribution in [2.45, 2.75) is 26.7 Å². The molecule has 1 aromatic carbocycles. The molecule has 0 fully saturated rings. The normalized spacial score (nSPS) is 11.9. The molecule has 0 amide bonds. The molecule has 0 aliphatic carbocycles. The molecule has 19 heavy (non-hydrogen) atoms. The van der Waals surface area contributed by atoms with Crippen molar-refractivity contribution in [1.82, 2.24) is 0 Å². The molecule has 1 atom stereocenters. The second-order valence-corrected chi connectivity index (χ2v) is 4.70. The molecule has 0 radical (unpaired) electrons. The van der Waals surface area contributed by atoms with Gasteiger partial charge in [0.2, 0.25) is 0 Å². The van der Waals surface area contributed by atoms with E-state index < -0.39 is 10.9 Å². The number of hydrogen-bond acceptors (Lipinski definition) is 4. The number of benzene rings is 1. The molecule has 0 saturated heterocycles. The molecule has 0 saturated carbocycles. The molecule has 1 rings (SSSR count). The van der Waals surface area contributed by atoms with E-state index in [4.69, 9.17) is 5.11 Å². The Labute approximate surface area is 111 Å². The fraction of sp³-hybridized carbons (Fsp3) is 0.462. The number of anilines is 1. The first-order valence-corrected chi connectivity index (χ1v) is 6.11. The molecular weight excluding hydrogens is 248 g/mol. The smallest absolute Gasteiger partial charge is 0.303 e. The molecule has 1 aromatic rings. The number of aryl methyl sites for hydroxylation is 1. The molecule has 0 heterocycles. The van der Waals surface area contributed by atoms with Crippen molar-refractivity contribution in [3.8, 4) is 0 Å². The predicted octanol–water partition coefficient (Wildman–Crippen LogP) is 2.82. The summed E-state index contributed by atoms with van der Waals surface area (Å²) < 4.78 is 0. The van der Waals surface area contributed by atoms with Gasteiger partial charge in [-0.2, -0.15) is 0 Å². The number of aliphatic carboxylic acids is 1. The quantitative estimate of drug-likeness (QED) is 0.584. The number of carboxylic acid groups (broad SMARTS) is 1. The second kappa shape index (κ2) is 6.72. The van der Waals surface area contributed by atoms with Crippen LogP contribution in [0.25, 0.3) is 0 Å². The van der Waals surface area contributed by atoms with Crippen LogP contribution in [-0.2, 0) is 4.79 Å². The summed E-state index contributed by atoms with van der Waals surface area (Å²) in [6.07, 6.45) is 0.653. The lowest BCUT2D eigenvalue weighted by molar-refractivity contribution is -0.384. The maximum Gasteiger partial charge on any atom is 0.303 e. The van der Waals surface area contributed by atoms with Gasteiger partial charge in [0.15, 0.2) is 0 Å². The van der Waals surface area contributed by atoms with Crippen LogP contribution in [0.4, 0.5) is 11.4 Å². The van der Waals surface area contributed by atoms with Crippen molar-refractivity contribution in [3.05, 3.63) is 33.9 Å². The highest BCUT2D eigenvalue weighted by atomic mass is 16.6. The van der Waals surface area contributed by atoms with Gasteiger partial charge in [-0.25, -0.2) is 0 Å². The molecule has 0 aliphatic heterocycles. The number of nitrogens with zero attached hydrogens (tertiary/aromatic N) is 1. The zero-order valence-electron chi connectivity index (χ0n) is 11.0. The van der Waals surface area contributed by atoms with Gasteiger partial charge in [0, 0.05) is 19.0 Å². The van der Waals surface area contributed by atoms with Gasteiger partial charge in [-0.05, 0) is 30.9 Å². The fourth-order valence-corrected chi connectivity index (χ4v) is 1.71. The zero-order chi connectivity index (χ0) is 14.4. The molecule has 6 heteroatoms. The minimum atomic E-state index is -0.826. The lowest BCUT2D eigenvalue weighted by Crippen LogP contribution is -2.13. The number of rotatable bonds is 7. The second-order valence-electron chi connectivity index (χ2n) is 4.70. The van der Waals surface area contributed by atoms with Crippen molar-refractivity contribution in [2.24, 2.45) is 5.92 Å². The van der Waals surface area contributed by atoms with Crippen molar-refractivity contribution >= 4 is 17.3 Å². The Kier molecular flexibility index (Phi) is 5.29. The molecule has 0 spiro atoms. The van der Waals surface area contributed by atoms with Crippen LogP contribution in [-0.4, -0.2) is 22.5 Å². The zero-order valence-corrected chi connectivity index (χ0v) is 11.0. The van der Waals surface area contributed by atoms with Gasteiger partial charge in [-0.3, -0.25) is 14.9 Å². The van der Waals surface area contributed by atoms with E-state index in [1.54, 1.807) is 12.1 Å². The van der Waals surface area contributed by atoms with E-state index in [2.05, 4.69) is 5.32 Å². The lowest BCUT2D eigenvalue weighted by atomic mass is 10.1. The Morgan fingerprint density at radius 2 is 2.21 bits per heavy atom. The number of nitrogens with one attached hydrogen (secondary N) is 1. The van der Waals surface area contributed by atoms with Gasteiger partial charge in [-0.15, -0.1) is 0 Å². The Bertz CT molecular complexity index is 474. The molecular formula is C13H18N2O4. The predicted molar refractivity (Wildman–Crippen MR) is 72.4 cm³/mol. The van der Waals surface area contributed by atoms with E-state index in [0.717, 1.165) is 5.56 Å². The van der Waals surface area contributed by atoms with Crippen LogP contribution in [0.2, 0.25) is 0 Å². The van der Waals surface area contributed by atoms with Crippen LogP contribution in [0.3, 0.4) is 0 Å². The first-order valence-electron chi connectivity index (χ1n) is 6.11. The van der Waals surface area contributed by atoms with Crippen LogP contribution in [0.15, 0.2) is 18.2 Å². The van der Waals surface area contributed by atoms with E-state index >= 15 is 0 Å². The van der Waals surface area contributed by atoms with Gasteiger partial charge in [0.25, 0.3) is 5.69 Å². The minimum absolute atomic E-state index is 0.0380. The van der Waals surface area contributed by atoms with E-state index in [-0.39, 0.29) is 18.0 Å². The summed E-state index contributed by atoms with van der Waals surface area (Å²) in [4.78, 5) is 20.9. The Morgan fingerprint density at radius 1 is 1.53 bits per heavy atom. The molecule has 0 bridgehead atoms. The third-order valence-electron chi connectivity index (χ3n) is 2.84. The molecule has 104 valence electrons. The standard InChI is InChI=1S/C13H18N2O4/c1-9-3-5-12(15(18)19)11(7-9)14-8-10(2)4-6-13(16)17/h3,5,7,10,14H,4,6,8H2,1-2H3,(H,16,17). The number of hydrogen-bond donors (Lipinski definition) is 2. The minimum Gasteiger partial charge on any atom is -0.481 e. The summed E-state index contributed by atoms with van der Waals surface area (Å²) in [5.74, 6) is -0.690. The lowest BCUT2D eigenvalue weighted by Gasteiger charge is -2.13.